The van der Waals surface area contributed by atoms with E-state index < -0.39 is 0 Å². The molecule has 0 saturated heterocycles. The molecule has 2 rings (SSSR count). The average Bonchev–Trinajstić information content (AvgIpc) is 2.71. The summed E-state index contributed by atoms with van der Waals surface area (Å²) in [7, 11) is 0. The highest BCUT2D eigenvalue weighted by Crippen LogP contribution is 2.16. The van der Waals surface area contributed by atoms with Crippen molar-refractivity contribution in [2.75, 3.05) is 0 Å². The minimum Gasteiger partial charge on any atom is -0.443 e. The summed E-state index contributed by atoms with van der Waals surface area (Å²) in [6.07, 6.45) is 7.38. The van der Waals surface area contributed by atoms with Gasteiger partial charge in [-0.2, -0.15) is 0 Å². The van der Waals surface area contributed by atoms with E-state index in [0.29, 0.717) is 0 Å². The molecule has 0 fully saturated rings. The number of aromatic nitrogens is 1. The van der Waals surface area contributed by atoms with Gasteiger partial charge in [0.2, 0.25) is 0 Å². The van der Waals surface area contributed by atoms with Crippen LogP contribution in [0.3, 0.4) is 0 Å². The molecule has 0 bridgehead atoms. The molecular weight excluding hydrogens is 186 g/mol. The molecule has 0 spiro atoms. The monoisotopic (exact) mass is 202 g/mol. The Hall–Kier alpha value is -1.31. The molecule has 0 aliphatic heterocycles. The molecule has 79 valence electrons. The molecule has 0 amide bonds. The molecule has 2 nitrogen and oxygen atoms in total. The van der Waals surface area contributed by atoms with Crippen LogP contribution in [0.15, 0.2) is 29.0 Å². The number of aryl methyl sites for hydroxylation is 1. The zero-order valence-electron chi connectivity index (χ0n) is 8.91. The summed E-state index contributed by atoms with van der Waals surface area (Å²) in [5.41, 5.74) is 3.17. The first kappa shape index (κ1) is 10.2. The summed E-state index contributed by atoms with van der Waals surface area (Å²) in [6, 6.07) is 6.25. The van der Waals surface area contributed by atoms with Crippen LogP contribution in [0.4, 0.5) is 0 Å². The number of benzene rings is 1. The quantitative estimate of drug-likeness (QED) is 0.690. The topological polar surface area (TPSA) is 26.0 Å². The Morgan fingerprint density at radius 1 is 1.20 bits per heavy atom. The first-order valence-electron chi connectivity index (χ1n) is 5.51. The molecule has 1 aromatic carbocycles. The molecule has 2 aromatic rings. The lowest BCUT2D eigenvalue weighted by atomic mass is 10.1. The van der Waals surface area contributed by atoms with Crippen LogP contribution in [-0.4, -0.2) is 4.98 Å². The summed E-state index contributed by atoms with van der Waals surface area (Å²) in [4.78, 5) is 4.09. The van der Waals surface area contributed by atoms with Gasteiger partial charge in [0.25, 0.3) is 0 Å². The van der Waals surface area contributed by atoms with Gasteiger partial charge in [0.05, 0.1) is 0 Å². The predicted molar refractivity (Wildman–Crippen MR) is 61.5 cm³/mol. The standard InChI is InChI=1S/C13H16NO/c1-2-3-4-5-6-11-7-8-12-13(9-11)15-10-14-12/h7-10H,1-6H2. The second-order valence-corrected chi connectivity index (χ2v) is 3.82. The Kier molecular flexibility index (Phi) is 3.38. The van der Waals surface area contributed by atoms with Gasteiger partial charge in [0.15, 0.2) is 12.0 Å². The fraction of sp³-hybridized carbons (Fsp3) is 0.385. The fourth-order valence-corrected chi connectivity index (χ4v) is 1.74. The van der Waals surface area contributed by atoms with E-state index in [1.165, 1.54) is 31.2 Å². The molecule has 1 aromatic heterocycles. The molecule has 1 radical (unpaired) electrons. The first-order valence-corrected chi connectivity index (χ1v) is 5.51. The minimum absolute atomic E-state index is 0.893. The highest BCUT2D eigenvalue weighted by molar-refractivity contribution is 5.72. The van der Waals surface area contributed by atoms with E-state index in [4.69, 9.17) is 4.42 Å². The van der Waals surface area contributed by atoms with Crippen LogP contribution in [0, 0.1) is 6.92 Å². The number of unbranched alkanes of at least 4 members (excludes halogenated alkanes) is 3. The van der Waals surface area contributed by atoms with Crippen molar-refractivity contribution in [1.82, 2.24) is 4.98 Å². The molecule has 0 N–H and O–H groups in total. The molecule has 0 atom stereocenters. The molecule has 0 aliphatic rings. The van der Waals surface area contributed by atoms with Crippen LogP contribution < -0.4 is 0 Å². The van der Waals surface area contributed by atoms with Crippen molar-refractivity contribution < 1.29 is 4.42 Å². The Bertz CT molecular complexity index is 419. The summed E-state index contributed by atoms with van der Waals surface area (Å²) in [6.45, 7) is 3.84. The maximum absolute atomic E-state index is 5.26. The van der Waals surface area contributed by atoms with Crippen molar-refractivity contribution in [3.8, 4) is 0 Å². The highest BCUT2D eigenvalue weighted by Gasteiger charge is 1.99. The molecular formula is C13H16NO. The van der Waals surface area contributed by atoms with Gasteiger partial charge in [0, 0.05) is 0 Å². The zero-order chi connectivity index (χ0) is 10.5. The average molecular weight is 202 g/mol. The lowest BCUT2D eigenvalue weighted by molar-refractivity contribution is 0.601. The van der Waals surface area contributed by atoms with Crippen LogP contribution >= 0.6 is 0 Å². The Balaban J connectivity index is 1.96. The van der Waals surface area contributed by atoms with Crippen molar-refractivity contribution in [1.29, 1.82) is 0 Å². The molecule has 15 heavy (non-hydrogen) atoms. The van der Waals surface area contributed by atoms with Gasteiger partial charge in [0.1, 0.15) is 5.52 Å². The summed E-state index contributed by atoms with van der Waals surface area (Å²) >= 11 is 0. The maximum Gasteiger partial charge on any atom is 0.181 e. The number of rotatable bonds is 5. The smallest absolute Gasteiger partial charge is 0.181 e. The third-order valence-corrected chi connectivity index (χ3v) is 2.61. The number of oxazole rings is 1. The van der Waals surface area contributed by atoms with Crippen molar-refractivity contribution in [3.63, 3.8) is 0 Å². The van der Waals surface area contributed by atoms with E-state index in [1.807, 2.05) is 6.07 Å². The van der Waals surface area contributed by atoms with Crippen LogP contribution in [0.5, 0.6) is 0 Å². The van der Waals surface area contributed by atoms with Gasteiger partial charge in [-0.05, 0) is 30.5 Å². The van der Waals surface area contributed by atoms with Gasteiger partial charge < -0.3 is 4.42 Å². The summed E-state index contributed by atoms with van der Waals surface area (Å²) in [5, 5.41) is 0. The van der Waals surface area contributed by atoms with Gasteiger partial charge in [-0.3, -0.25) is 0 Å². The Morgan fingerprint density at radius 2 is 2.13 bits per heavy atom. The van der Waals surface area contributed by atoms with E-state index in [0.717, 1.165) is 23.9 Å². The number of hydrogen-bond donors (Lipinski definition) is 0. The lowest BCUT2D eigenvalue weighted by Gasteiger charge is -2.00. The van der Waals surface area contributed by atoms with Crippen molar-refractivity contribution in [3.05, 3.63) is 37.1 Å². The predicted octanol–water partition coefficient (Wildman–Crippen LogP) is 3.76. The van der Waals surface area contributed by atoms with Crippen molar-refractivity contribution in [2.45, 2.75) is 32.1 Å². The number of fused-ring (bicyclic) bond motifs is 1. The van der Waals surface area contributed by atoms with Gasteiger partial charge in [-0.25, -0.2) is 4.98 Å². The van der Waals surface area contributed by atoms with Crippen molar-refractivity contribution >= 4 is 11.1 Å². The second-order valence-electron chi connectivity index (χ2n) is 3.82. The lowest BCUT2D eigenvalue weighted by Crippen LogP contribution is -1.85. The third kappa shape index (κ3) is 2.58. The second kappa shape index (κ2) is 4.96. The normalized spacial score (nSPS) is 11.0. The van der Waals surface area contributed by atoms with Gasteiger partial charge in [-0.15, -0.1) is 0 Å². The molecule has 1 heterocycles. The minimum atomic E-state index is 0.893. The molecule has 0 aliphatic carbocycles. The van der Waals surface area contributed by atoms with Crippen molar-refractivity contribution in [2.24, 2.45) is 0 Å². The zero-order valence-corrected chi connectivity index (χ0v) is 8.91. The molecule has 0 saturated carbocycles. The number of nitrogens with zero attached hydrogens (tertiary/aromatic N) is 1. The fourth-order valence-electron chi connectivity index (χ4n) is 1.74. The molecule has 2 heteroatoms. The summed E-state index contributed by atoms with van der Waals surface area (Å²) < 4.78 is 5.26. The van der Waals surface area contributed by atoms with Crippen LogP contribution in [-0.2, 0) is 6.42 Å². The van der Waals surface area contributed by atoms with E-state index in [2.05, 4.69) is 24.0 Å². The van der Waals surface area contributed by atoms with E-state index in [9.17, 15) is 0 Å². The van der Waals surface area contributed by atoms with Gasteiger partial charge in [-0.1, -0.05) is 32.3 Å². The van der Waals surface area contributed by atoms with Gasteiger partial charge >= 0.3 is 0 Å². The van der Waals surface area contributed by atoms with E-state index >= 15 is 0 Å². The Labute approximate surface area is 90.3 Å². The molecule has 0 unspecified atom stereocenters. The van der Waals surface area contributed by atoms with Crippen LogP contribution in [0.25, 0.3) is 11.1 Å². The third-order valence-electron chi connectivity index (χ3n) is 2.61. The van der Waals surface area contributed by atoms with E-state index in [1.54, 1.807) is 0 Å². The Morgan fingerprint density at radius 3 is 3.00 bits per heavy atom. The largest absolute Gasteiger partial charge is 0.443 e. The highest BCUT2D eigenvalue weighted by atomic mass is 16.3. The summed E-state index contributed by atoms with van der Waals surface area (Å²) in [5.74, 6) is 0. The SMILES string of the molecule is [CH2]CCCCCc1ccc2ncoc2c1. The van der Waals surface area contributed by atoms with Crippen LogP contribution in [0.1, 0.15) is 31.2 Å². The van der Waals surface area contributed by atoms with Crippen LogP contribution in [0.2, 0.25) is 0 Å². The first-order chi connectivity index (χ1) is 7.40. The maximum atomic E-state index is 5.26. The number of hydrogen-bond acceptors (Lipinski definition) is 2. The van der Waals surface area contributed by atoms with E-state index in [-0.39, 0.29) is 0 Å².